The van der Waals surface area contributed by atoms with Gasteiger partial charge in [0.15, 0.2) is 17.3 Å². The first-order chi connectivity index (χ1) is 9.67. The molecule has 2 aromatic rings. The average molecular weight is 336 g/mol. The molecule has 0 spiro atoms. The number of ketones is 1. The van der Waals surface area contributed by atoms with Crippen molar-refractivity contribution < 1.29 is 14.3 Å². The van der Waals surface area contributed by atoms with Crippen LogP contribution in [0.3, 0.4) is 0 Å². The number of aromatic nitrogens is 1. The van der Waals surface area contributed by atoms with Crippen molar-refractivity contribution in [1.29, 1.82) is 0 Å². The van der Waals surface area contributed by atoms with Gasteiger partial charge in [0.25, 0.3) is 0 Å². The molecule has 0 N–H and O–H groups in total. The van der Waals surface area contributed by atoms with E-state index >= 15 is 0 Å². The summed E-state index contributed by atoms with van der Waals surface area (Å²) in [5.74, 6) is 1.09. The summed E-state index contributed by atoms with van der Waals surface area (Å²) in [7, 11) is 3.10. The zero-order valence-corrected chi connectivity index (χ0v) is 12.8. The van der Waals surface area contributed by atoms with E-state index in [4.69, 9.17) is 9.47 Å². The lowest BCUT2D eigenvalue weighted by Gasteiger charge is -2.12. The van der Waals surface area contributed by atoms with Crippen LogP contribution in [0.4, 0.5) is 0 Å². The molecule has 1 aromatic heterocycles. The van der Waals surface area contributed by atoms with E-state index in [1.165, 1.54) is 0 Å². The zero-order valence-electron chi connectivity index (χ0n) is 11.2. The maximum absolute atomic E-state index is 12.4. The Morgan fingerprint density at radius 3 is 2.35 bits per heavy atom. The summed E-state index contributed by atoms with van der Waals surface area (Å²) in [5.41, 5.74) is 1.42. The highest BCUT2D eigenvalue weighted by Crippen LogP contribution is 2.32. The minimum atomic E-state index is -0.413. The van der Waals surface area contributed by atoms with Crippen molar-refractivity contribution in [3.8, 4) is 11.5 Å². The number of ether oxygens (including phenoxy) is 2. The maximum atomic E-state index is 12.4. The van der Waals surface area contributed by atoms with Crippen molar-refractivity contribution in [3.63, 3.8) is 0 Å². The number of halogens is 1. The molecule has 0 aliphatic heterocycles. The van der Waals surface area contributed by atoms with Crippen LogP contribution in [-0.2, 0) is 0 Å². The fourth-order valence-electron chi connectivity index (χ4n) is 1.82. The standard InChI is InChI=1S/C15H14BrNO3/c1-19-12-4-3-11(9-13(12)20-2)15(18)14(16)10-5-7-17-8-6-10/h3-9,14H,1-2H3/t14-/m0/s1. The fourth-order valence-corrected chi connectivity index (χ4v) is 2.39. The molecule has 0 aliphatic carbocycles. The molecule has 1 heterocycles. The first kappa shape index (κ1) is 14.5. The van der Waals surface area contributed by atoms with Gasteiger partial charge in [-0.3, -0.25) is 9.78 Å². The molecule has 0 aliphatic rings. The van der Waals surface area contributed by atoms with Crippen LogP contribution in [0.15, 0.2) is 42.7 Å². The van der Waals surface area contributed by atoms with Gasteiger partial charge in [-0.25, -0.2) is 0 Å². The van der Waals surface area contributed by atoms with Crippen molar-refractivity contribution >= 4 is 21.7 Å². The van der Waals surface area contributed by atoms with Crippen LogP contribution < -0.4 is 9.47 Å². The van der Waals surface area contributed by atoms with Crippen LogP contribution in [-0.4, -0.2) is 25.0 Å². The highest BCUT2D eigenvalue weighted by atomic mass is 79.9. The van der Waals surface area contributed by atoms with Gasteiger partial charge < -0.3 is 9.47 Å². The Balaban J connectivity index is 2.29. The Morgan fingerprint density at radius 1 is 1.10 bits per heavy atom. The number of alkyl halides is 1. The molecule has 0 bridgehead atoms. The number of carbonyl (C=O) groups is 1. The van der Waals surface area contributed by atoms with Gasteiger partial charge in [0, 0.05) is 18.0 Å². The second-order valence-corrected chi connectivity index (χ2v) is 4.99. The third-order valence-electron chi connectivity index (χ3n) is 2.90. The van der Waals surface area contributed by atoms with Gasteiger partial charge in [-0.15, -0.1) is 0 Å². The van der Waals surface area contributed by atoms with E-state index in [1.54, 1.807) is 56.9 Å². The number of pyridine rings is 1. The summed E-state index contributed by atoms with van der Waals surface area (Å²) in [4.78, 5) is 16.0. The zero-order chi connectivity index (χ0) is 14.5. The van der Waals surface area contributed by atoms with E-state index < -0.39 is 4.83 Å². The molecule has 1 atom stereocenters. The summed E-state index contributed by atoms with van der Waals surface area (Å²) in [5, 5.41) is 0. The molecule has 20 heavy (non-hydrogen) atoms. The van der Waals surface area contributed by atoms with E-state index in [1.807, 2.05) is 0 Å². The van der Waals surface area contributed by atoms with Gasteiger partial charge in [-0.05, 0) is 35.9 Å². The van der Waals surface area contributed by atoms with Crippen LogP contribution in [0, 0.1) is 0 Å². The SMILES string of the molecule is COc1ccc(C(=O)[C@@H](Br)c2ccncc2)cc1OC. The van der Waals surface area contributed by atoms with Gasteiger partial charge in [-0.2, -0.15) is 0 Å². The van der Waals surface area contributed by atoms with Crippen LogP contribution in [0.1, 0.15) is 20.7 Å². The highest BCUT2D eigenvalue weighted by molar-refractivity contribution is 9.09. The second-order valence-electron chi connectivity index (χ2n) is 4.08. The number of Topliss-reactive ketones (excluding diaryl/α,β-unsaturated/α-hetero) is 1. The number of benzene rings is 1. The summed E-state index contributed by atoms with van der Waals surface area (Å²) in [6, 6.07) is 8.73. The minimum absolute atomic E-state index is 0.0443. The van der Waals surface area contributed by atoms with Crippen molar-refractivity contribution in [1.82, 2.24) is 4.98 Å². The van der Waals surface area contributed by atoms with E-state index in [-0.39, 0.29) is 5.78 Å². The fraction of sp³-hybridized carbons (Fsp3) is 0.200. The molecule has 1 aromatic carbocycles. The molecule has 0 amide bonds. The Labute approximate surface area is 125 Å². The summed E-state index contributed by atoms with van der Waals surface area (Å²) >= 11 is 3.42. The third kappa shape index (κ3) is 2.99. The Morgan fingerprint density at radius 2 is 1.75 bits per heavy atom. The van der Waals surface area contributed by atoms with Crippen molar-refractivity contribution in [3.05, 3.63) is 53.9 Å². The van der Waals surface area contributed by atoms with Crippen molar-refractivity contribution in [2.24, 2.45) is 0 Å². The molecule has 2 rings (SSSR count). The summed E-state index contributed by atoms with van der Waals surface area (Å²) < 4.78 is 10.4. The Kier molecular flexibility index (Phi) is 4.74. The third-order valence-corrected chi connectivity index (χ3v) is 3.84. The predicted molar refractivity (Wildman–Crippen MR) is 79.8 cm³/mol. The topological polar surface area (TPSA) is 48.4 Å². The molecule has 0 unspecified atom stereocenters. The predicted octanol–water partition coefficient (Wildman–Crippen LogP) is 3.42. The van der Waals surface area contributed by atoms with Gasteiger partial charge in [0.2, 0.25) is 0 Å². The van der Waals surface area contributed by atoms with Crippen LogP contribution >= 0.6 is 15.9 Å². The molecule has 5 heteroatoms. The lowest BCUT2D eigenvalue weighted by Crippen LogP contribution is -2.07. The minimum Gasteiger partial charge on any atom is -0.493 e. The number of nitrogens with zero attached hydrogens (tertiary/aromatic N) is 1. The molecule has 0 radical (unpaired) electrons. The molecule has 4 nitrogen and oxygen atoms in total. The molecule has 0 fully saturated rings. The van der Waals surface area contributed by atoms with Crippen LogP contribution in [0.25, 0.3) is 0 Å². The largest absolute Gasteiger partial charge is 0.493 e. The normalized spacial score (nSPS) is 11.8. The van der Waals surface area contributed by atoms with Gasteiger partial charge in [0.05, 0.1) is 14.2 Å². The van der Waals surface area contributed by atoms with E-state index in [2.05, 4.69) is 20.9 Å². The highest BCUT2D eigenvalue weighted by Gasteiger charge is 2.20. The van der Waals surface area contributed by atoms with Gasteiger partial charge in [0.1, 0.15) is 4.83 Å². The lowest BCUT2D eigenvalue weighted by atomic mass is 10.0. The van der Waals surface area contributed by atoms with Crippen molar-refractivity contribution in [2.45, 2.75) is 4.83 Å². The monoisotopic (exact) mass is 335 g/mol. The van der Waals surface area contributed by atoms with E-state index in [0.29, 0.717) is 17.1 Å². The molecular weight excluding hydrogens is 322 g/mol. The Bertz CT molecular complexity index is 601. The van der Waals surface area contributed by atoms with Crippen LogP contribution in [0.2, 0.25) is 0 Å². The molecule has 104 valence electrons. The first-order valence-corrected chi connectivity index (χ1v) is 6.89. The molecule has 0 saturated carbocycles. The lowest BCUT2D eigenvalue weighted by molar-refractivity contribution is 0.0991. The van der Waals surface area contributed by atoms with E-state index in [9.17, 15) is 4.79 Å². The average Bonchev–Trinajstić information content (AvgIpc) is 2.53. The van der Waals surface area contributed by atoms with Gasteiger partial charge >= 0.3 is 0 Å². The maximum Gasteiger partial charge on any atom is 0.181 e. The number of methoxy groups -OCH3 is 2. The number of carbonyl (C=O) groups excluding carboxylic acids is 1. The van der Waals surface area contributed by atoms with E-state index in [0.717, 1.165) is 5.56 Å². The second kappa shape index (κ2) is 6.52. The first-order valence-electron chi connectivity index (χ1n) is 5.97. The summed E-state index contributed by atoms with van der Waals surface area (Å²) in [6.45, 7) is 0. The molecular formula is C15H14BrNO3. The Hall–Kier alpha value is -1.88. The molecule has 0 saturated heterocycles. The van der Waals surface area contributed by atoms with Crippen molar-refractivity contribution in [2.75, 3.05) is 14.2 Å². The summed E-state index contributed by atoms with van der Waals surface area (Å²) in [6.07, 6.45) is 3.32. The number of hydrogen-bond donors (Lipinski definition) is 0. The van der Waals surface area contributed by atoms with Gasteiger partial charge in [-0.1, -0.05) is 15.9 Å². The number of hydrogen-bond acceptors (Lipinski definition) is 4. The quantitative estimate of drug-likeness (QED) is 0.620. The smallest absolute Gasteiger partial charge is 0.181 e. The van der Waals surface area contributed by atoms with Crippen LogP contribution in [0.5, 0.6) is 11.5 Å². The number of rotatable bonds is 5.